The van der Waals surface area contributed by atoms with Crippen LogP contribution in [0.2, 0.25) is 0 Å². The maximum Gasteiger partial charge on any atom is 0.347 e. The van der Waals surface area contributed by atoms with Gasteiger partial charge < -0.3 is 13.9 Å². The number of thioether (sulfide) groups is 1. The lowest BCUT2D eigenvalue weighted by molar-refractivity contribution is 0.0724. The van der Waals surface area contributed by atoms with Crippen LogP contribution in [0.5, 0.6) is 11.5 Å². The number of carbonyl (C=O) groups is 1. The third kappa shape index (κ3) is 4.99. The first-order valence-corrected chi connectivity index (χ1v) is 10.0. The minimum absolute atomic E-state index is 0.162. The summed E-state index contributed by atoms with van der Waals surface area (Å²) in [5.74, 6) is 0.509. The number of hydrogen-bond donors (Lipinski definition) is 0. The molecule has 2 aromatic heterocycles. The molecule has 0 atom stereocenters. The highest BCUT2D eigenvalue weighted by Gasteiger charge is 2.17. The van der Waals surface area contributed by atoms with Crippen molar-refractivity contribution in [2.75, 3.05) is 6.61 Å². The van der Waals surface area contributed by atoms with Crippen LogP contribution in [0.1, 0.15) is 28.7 Å². The molecular weight excluding hydrogens is 386 g/mol. The molecule has 0 N–H and O–H groups in total. The Hall–Kier alpha value is -2.58. The fourth-order valence-electron chi connectivity index (χ4n) is 2.19. The highest BCUT2D eigenvalue weighted by molar-refractivity contribution is 8.00. The van der Waals surface area contributed by atoms with Gasteiger partial charge in [-0.25, -0.2) is 9.78 Å². The number of aryl methyl sites for hydroxylation is 1. The summed E-state index contributed by atoms with van der Waals surface area (Å²) in [5.41, 5.74) is 0.783. The average Bonchev–Trinajstić information content (AvgIpc) is 3.08. The Morgan fingerprint density at radius 3 is 2.81 bits per heavy atom. The lowest BCUT2D eigenvalue weighted by atomic mass is 10.2. The van der Waals surface area contributed by atoms with Crippen molar-refractivity contribution in [1.82, 2.24) is 4.98 Å². The molecule has 0 saturated heterocycles. The molecule has 0 bridgehead atoms. The monoisotopic (exact) mass is 403 g/mol. The first-order valence-electron chi connectivity index (χ1n) is 8.17. The van der Waals surface area contributed by atoms with Crippen LogP contribution in [0, 0.1) is 6.92 Å². The molecule has 3 aromatic rings. The van der Waals surface area contributed by atoms with E-state index in [-0.39, 0.29) is 11.3 Å². The number of carbonyl (C=O) groups excluding carboxylic acids is 1. The molecule has 0 amide bonds. The molecule has 0 radical (unpaired) electrons. The Labute approximate surface area is 164 Å². The van der Waals surface area contributed by atoms with Gasteiger partial charge in [0.05, 0.1) is 12.4 Å². The van der Waals surface area contributed by atoms with Crippen molar-refractivity contribution < 1.29 is 18.7 Å². The summed E-state index contributed by atoms with van der Waals surface area (Å²) in [6.07, 6.45) is 1.16. The average molecular weight is 403 g/mol. The van der Waals surface area contributed by atoms with Crippen LogP contribution in [0.3, 0.4) is 0 Å². The Morgan fingerprint density at radius 1 is 1.30 bits per heavy atom. The van der Waals surface area contributed by atoms with Crippen LogP contribution in [-0.2, 0) is 5.75 Å². The Balaban J connectivity index is 1.69. The van der Waals surface area contributed by atoms with Gasteiger partial charge >= 0.3 is 5.97 Å². The summed E-state index contributed by atoms with van der Waals surface area (Å²) in [6.45, 7) is 4.16. The number of ether oxygens (including phenoxy) is 2. The summed E-state index contributed by atoms with van der Waals surface area (Å²) in [5, 5.41) is 1.96. The molecule has 140 valence electrons. The van der Waals surface area contributed by atoms with E-state index >= 15 is 0 Å². The predicted molar refractivity (Wildman–Crippen MR) is 104 cm³/mol. The normalized spacial score (nSPS) is 10.6. The zero-order valence-corrected chi connectivity index (χ0v) is 16.4. The van der Waals surface area contributed by atoms with Crippen molar-refractivity contribution in [2.45, 2.75) is 23.9 Å². The number of esters is 1. The standard InChI is InChI=1S/C19H17NO5S2/c1-3-23-16-7-5-4-6-14(16)18(22)25-17-9-24-13(8-15(17)21)11-27-19-20-12(2)10-26-19/h4-10H,3,11H2,1-2H3. The maximum atomic E-state index is 12.4. The van der Waals surface area contributed by atoms with Gasteiger partial charge in [0.15, 0.2) is 4.34 Å². The highest BCUT2D eigenvalue weighted by atomic mass is 32.2. The van der Waals surface area contributed by atoms with Gasteiger partial charge in [-0.05, 0) is 26.0 Å². The SMILES string of the molecule is CCOc1ccccc1C(=O)Oc1coc(CSc2nc(C)cs2)cc1=O. The molecule has 0 aliphatic carbocycles. The topological polar surface area (TPSA) is 78.6 Å². The molecule has 0 aliphatic heterocycles. The van der Waals surface area contributed by atoms with Gasteiger partial charge in [-0.3, -0.25) is 4.79 Å². The molecule has 8 heteroatoms. The molecule has 0 spiro atoms. The van der Waals surface area contributed by atoms with E-state index in [1.165, 1.54) is 29.2 Å². The number of nitrogens with zero attached hydrogens (tertiary/aromatic N) is 1. The highest BCUT2D eigenvalue weighted by Crippen LogP contribution is 2.26. The van der Waals surface area contributed by atoms with Crippen molar-refractivity contribution in [3.05, 3.63) is 69.2 Å². The molecule has 3 rings (SSSR count). The molecule has 6 nitrogen and oxygen atoms in total. The molecule has 0 unspecified atom stereocenters. The van der Waals surface area contributed by atoms with Crippen LogP contribution < -0.4 is 14.9 Å². The minimum atomic E-state index is -0.674. The van der Waals surface area contributed by atoms with E-state index in [2.05, 4.69) is 4.98 Å². The summed E-state index contributed by atoms with van der Waals surface area (Å²) in [7, 11) is 0. The molecule has 27 heavy (non-hydrogen) atoms. The van der Waals surface area contributed by atoms with Crippen LogP contribution >= 0.6 is 23.1 Å². The van der Waals surface area contributed by atoms with Gasteiger partial charge in [-0.1, -0.05) is 23.9 Å². The maximum absolute atomic E-state index is 12.4. The first kappa shape index (κ1) is 19.2. The smallest absolute Gasteiger partial charge is 0.347 e. The number of hydrogen-bond acceptors (Lipinski definition) is 8. The van der Waals surface area contributed by atoms with E-state index in [0.717, 1.165) is 16.3 Å². The van der Waals surface area contributed by atoms with Crippen LogP contribution in [0.25, 0.3) is 0 Å². The Kier molecular flexibility index (Phi) is 6.31. The number of aromatic nitrogens is 1. The number of benzene rings is 1. The van der Waals surface area contributed by atoms with Crippen molar-refractivity contribution in [3.8, 4) is 11.5 Å². The fourth-order valence-corrected chi connectivity index (χ4v) is 3.93. The Morgan fingerprint density at radius 2 is 2.11 bits per heavy atom. The van der Waals surface area contributed by atoms with Gasteiger partial charge in [0, 0.05) is 17.1 Å². The molecule has 1 aromatic carbocycles. The van der Waals surface area contributed by atoms with E-state index in [1.807, 2.05) is 19.2 Å². The first-order chi connectivity index (χ1) is 13.1. The van der Waals surface area contributed by atoms with Crippen LogP contribution in [0.15, 0.2) is 55.5 Å². The molecule has 2 heterocycles. The van der Waals surface area contributed by atoms with E-state index in [1.54, 1.807) is 24.3 Å². The zero-order chi connectivity index (χ0) is 19.2. The van der Waals surface area contributed by atoms with Crippen molar-refractivity contribution in [2.24, 2.45) is 0 Å². The summed E-state index contributed by atoms with van der Waals surface area (Å²) in [4.78, 5) is 29.0. The third-order valence-corrected chi connectivity index (χ3v) is 5.56. The number of para-hydroxylation sites is 1. The van der Waals surface area contributed by atoms with Crippen molar-refractivity contribution >= 4 is 29.1 Å². The van der Waals surface area contributed by atoms with Gasteiger partial charge in [0.2, 0.25) is 11.2 Å². The second kappa shape index (κ2) is 8.88. The summed E-state index contributed by atoms with van der Waals surface area (Å²) >= 11 is 3.02. The summed E-state index contributed by atoms with van der Waals surface area (Å²) < 4.78 is 16.9. The second-order valence-corrected chi connectivity index (χ2v) is 7.52. The molecular formula is C19H17NO5S2. The van der Waals surface area contributed by atoms with Crippen molar-refractivity contribution in [1.29, 1.82) is 0 Å². The Bertz CT molecular complexity index is 996. The van der Waals surface area contributed by atoms with Gasteiger partial charge in [-0.2, -0.15) is 0 Å². The van der Waals surface area contributed by atoms with Gasteiger partial charge in [0.25, 0.3) is 0 Å². The van der Waals surface area contributed by atoms with E-state index in [4.69, 9.17) is 13.9 Å². The quantitative estimate of drug-likeness (QED) is 0.429. The lowest BCUT2D eigenvalue weighted by Gasteiger charge is -2.09. The minimum Gasteiger partial charge on any atom is -0.493 e. The third-order valence-electron chi connectivity index (χ3n) is 3.40. The fraction of sp³-hybridized carbons (Fsp3) is 0.211. The largest absolute Gasteiger partial charge is 0.493 e. The second-order valence-electron chi connectivity index (χ2n) is 5.44. The summed E-state index contributed by atoms with van der Waals surface area (Å²) in [6, 6.07) is 8.03. The van der Waals surface area contributed by atoms with Gasteiger partial charge in [-0.15, -0.1) is 11.3 Å². The molecule has 0 aliphatic rings. The zero-order valence-electron chi connectivity index (χ0n) is 14.8. The van der Waals surface area contributed by atoms with Crippen LogP contribution in [-0.4, -0.2) is 17.6 Å². The predicted octanol–water partition coefficient (Wildman–Crippen LogP) is 4.31. The van der Waals surface area contributed by atoms with E-state index < -0.39 is 11.4 Å². The van der Waals surface area contributed by atoms with E-state index in [9.17, 15) is 9.59 Å². The van der Waals surface area contributed by atoms with Crippen LogP contribution in [0.4, 0.5) is 0 Å². The number of thiazole rings is 1. The molecule has 0 fully saturated rings. The van der Waals surface area contributed by atoms with Gasteiger partial charge in [0.1, 0.15) is 23.3 Å². The van der Waals surface area contributed by atoms with Crippen molar-refractivity contribution in [3.63, 3.8) is 0 Å². The lowest BCUT2D eigenvalue weighted by Crippen LogP contribution is -2.15. The number of rotatable bonds is 7. The van der Waals surface area contributed by atoms with E-state index in [0.29, 0.717) is 23.9 Å². The molecule has 0 saturated carbocycles.